The summed E-state index contributed by atoms with van der Waals surface area (Å²) in [4.78, 5) is 4.03. The van der Waals surface area contributed by atoms with Crippen molar-refractivity contribution < 1.29 is 0 Å². The van der Waals surface area contributed by atoms with E-state index in [1.807, 2.05) is 18.7 Å². The van der Waals surface area contributed by atoms with Crippen molar-refractivity contribution in [1.29, 1.82) is 0 Å². The van der Waals surface area contributed by atoms with Crippen molar-refractivity contribution in [3.8, 4) is 0 Å². The molecule has 2 rings (SSSR count). The number of benzene rings is 1. The highest BCUT2D eigenvalue weighted by Crippen LogP contribution is 2.05. The van der Waals surface area contributed by atoms with Crippen LogP contribution in [0.15, 0.2) is 43.0 Å². The molecule has 0 amide bonds. The summed E-state index contributed by atoms with van der Waals surface area (Å²) in [6.45, 7) is 5.34. The predicted molar refractivity (Wildman–Crippen MR) is 79.2 cm³/mol. The molecule has 1 heterocycles. The fourth-order valence-corrected chi connectivity index (χ4v) is 2.10. The first kappa shape index (κ1) is 13.8. The van der Waals surface area contributed by atoms with Gasteiger partial charge in [-0.2, -0.15) is 0 Å². The Bertz CT molecular complexity index is 445. The molecule has 0 saturated carbocycles. The van der Waals surface area contributed by atoms with Crippen LogP contribution in [0.5, 0.6) is 0 Å². The average molecular weight is 257 g/mol. The van der Waals surface area contributed by atoms with Crippen LogP contribution in [0.1, 0.15) is 24.5 Å². The molecule has 0 radical (unpaired) electrons. The molecule has 3 heteroatoms. The van der Waals surface area contributed by atoms with Crippen LogP contribution >= 0.6 is 0 Å². The zero-order chi connectivity index (χ0) is 13.3. The molecule has 0 unspecified atom stereocenters. The lowest BCUT2D eigenvalue weighted by atomic mass is 10.1. The van der Waals surface area contributed by atoms with Crippen LogP contribution < -0.4 is 5.32 Å². The van der Waals surface area contributed by atoms with Crippen molar-refractivity contribution in [3.05, 3.63) is 54.1 Å². The molecule has 102 valence electrons. The van der Waals surface area contributed by atoms with Crippen LogP contribution in [-0.2, 0) is 19.4 Å². The number of aromatic nitrogens is 2. The molecule has 1 N–H and O–H groups in total. The van der Waals surface area contributed by atoms with E-state index in [2.05, 4.69) is 46.1 Å². The topological polar surface area (TPSA) is 29.9 Å². The second-order valence-electron chi connectivity index (χ2n) is 4.82. The third kappa shape index (κ3) is 4.87. The zero-order valence-corrected chi connectivity index (χ0v) is 11.7. The van der Waals surface area contributed by atoms with Gasteiger partial charge >= 0.3 is 0 Å². The molecule has 0 fully saturated rings. The van der Waals surface area contributed by atoms with Crippen LogP contribution in [0.4, 0.5) is 0 Å². The van der Waals surface area contributed by atoms with Gasteiger partial charge in [0.15, 0.2) is 0 Å². The number of nitrogens with zero attached hydrogens (tertiary/aromatic N) is 2. The third-order valence-electron chi connectivity index (χ3n) is 3.35. The highest BCUT2D eigenvalue weighted by Gasteiger charge is 1.94. The SMILES string of the molecule is CCc1ccc(CCNCCCn2ccnc2)cc1. The summed E-state index contributed by atoms with van der Waals surface area (Å²) in [5.41, 5.74) is 2.83. The monoisotopic (exact) mass is 257 g/mol. The van der Waals surface area contributed by atoms with Gasteiger partial charge in [0.05, 0.1) is 6.33 Å². The molecule has 0 aliphatic carbocycles. The van der Waals surface area contributed by atoms with Gasteiger partial charge in [-0.3, -0.25) is 0 Å². The van der Waals surface area contributed by atoms with Crippen LogP contribution in [0, 0.1) is 0 Å². The Morgan fingerprint density at radius 2 is 1.89 bits per heavy atom. The van der Waals surface area contributed by atoms with Crippen molar-refractivity contribution in [2.75, 3.05) is 13.1 Å². The number of imidazole rings is 1. The molecule has 2 aromatic rings. The Labute approximate surface area is 115 Å². The van der Waals surface area contributed by atoms with Crippen molar-refractivity contribution in [3.63, 3.8) is 0 Å². The minimum Gasteiger partial charge on any atom is -0.337 e. The molecule has 1 aromatic carbocycles. The average Bonchev–Trinajstić information content (AvgIpc) is 2.96. The lowest BCUT2D eigenvalue weighted by Crippen LogP contribution is -2.19. The maximum absolute atomic E-state index is 4.03. The number of hydrogen-bond donors (Lipinski definition) is 1. The molecule has 0 bridgehead atoms. The molecule has 0 aliphatic rings. The molecule has 19 heavy (non-hydrogen) atoms. The predicted octanol–water partition coefficient (Wildman–Crippen LogP) is 2.67. The van der Waals surface area contributed by atoms with E-state index < -0.39 is 0 Å². The Hall–Kier alpha value is -1.61. The minimum atomic E-state index is 1.04. The van der Waals surface area contributed by atoms with Gasteiger partial charge in [0, 0.05) is 18.9 Å². The molecular weight excluding hydrogens is 234 g/mol. The van der Waals surface area contributed by atoms with Gasteiger partial charge in [0.1, 0.15) is 0 Å². The van der Waals surface area contributed by atoms with E-state index in [9.17, 15) is 0 Å². The first-order valence-electron chi connectivity index (χ1n) is 7.13. The molecule has 0 saturated heterocycles. The Balaban J connectivity index is 1.56. The van der Waals surface area contributed by atoms with E-state index >= 15 is 0 Å². The van der Waals surface area contributed by atoms with Gasteiger partial charge in [0.2, 0.25) is 0 Å². The first-order valence-corrected chi connectivity index (χ1v) is 7.13. The van der Waals surface area contributed by atoms with Gasteiger partial charge in [-0.05, 0) is 43.5 Å². The second-order valence-corrected chi connectivity index (χ2v) is 4.82. The fraction of sp³-hybridized carbons (Fsp3) is 0.438. The standard InChI is InChI=1S/C16H23N3/c1-2-15-4-6-16(7-5-15)8-10-17-9-3-12-19-13-11-18-14-19/h4-7,11,13-14,17H,2-3,8-10,12H2,1H3. The number of rotatable bonds is 8. The summed E-state index contributed by atoms with van der Waals surface area (Å²) in [6.07, 6.45) is 9.07. The van der Waals surface area contributed by atoms with Gasteiger partial charge in [-0.25, -0.2) is 4.98 Å². The van der Waals surface area contributed by atoms with Crippen molar-refractivity contribution in [2.24, 2.45) is 0 Å². The van der Waals surface area contributed by atoms with E-state index in [0.29, 0.717) is 0 Å². The van der Waals surface area contributed by atoms with Crippen LogP contribution in [0.25, 0.3) is 0 Å². The minimum absolute atomic E-state index is 1.04. The fourth-order valence-electron chi connectivity index (χ4n) is 2.10. The van der Waals surface area contributed by atoms with E-state index in [4.69, 9.17) is 0 Å². The number of hydrogen-bond acceptors (Lipinski definition) is 2. The Morgan fingerprint density at radius 1 is 1.11 bits per heavy atom. The lowest BCUT2D eigenvalue weighted by molar-refractivity contribution is 0.582. The molecule has 3 nitrogen and oxygen atoms in total. The van der Waals surface area contributed by atoms with E-state index in [-0.39, 0.29) is 0 Å². The molecule has 1 aromatic heterocycles. The van der Waals surface area contributed by atoms with E-state index in [1.54, 1.807) is 0 Å². The summed E-state index contributed by atoms with van der Waals surface area (Å²) in [7, 11) is 0. The summed E-state index contributed by atoms with van der Waals surface area (Å²) in [5, 5.41) is 3.49. The maximum atomic E-state index is 4.03. The first-order chi connectivity index (χ1) is 9.38. The van der Waals surface area contributed by atoms with Gasteiger partial charge in [0.25, 0.3) is 0 Å². The summed E-state index contributed by atoms with van der Waals surface area (Å²) >= 11 is 0. The molecule has 0 spiro atoms. The van der Waals surface area contributed by atoms with Crippen LogP contribution in [-0.4, -0.2) is 22.6 Å². The maximum Gasteiger partial charge on any atom is 0.0945 e. The summed E-state index contributed by atoms with van der Waals surface area (Å²) in [5.74, 6) is 0. The van der Waals surface area contributed by atoms with E-state index in [0.717, 1.165) is 38.9 Å². The normalized spacial score (nSPS) is 10.8. The number of nitrogens with one attached hydrogen (secondary N) is 1. The number of aryl methyl sites for hydroxylation is 2. The van der Waals surface area contributed by atoms with Crippen molar-refractivity contribution in [1.82, 2.24) is 14.9 Å². The molecule has 0 atom stereocenters. The summed E-state index contributed by atoms with van der Waals surface area (Å²) < 4.78 is 2.12. The highest BCUT2D eigenvalue weighted by molar-refractivity contribution is 5.22. The Morgan fingerprint density at radius 3 is 2.58 bits per heavy atom. The quantitative estimate of drug-likeness (QED) is 0.737. The van der Waals surface area contributed by atoms with Crippen LogP contribution in [0.2, 0.25) is 0 Å². The highest BCUT2D eigenvalue weighted by atomic mass is 15.0. The van der Waals surface area contributed by atoms with Crippen LogP contribution in [0.3, 0.4) is 0 Å². The van der Waals surface area contributed by atoms with Crippen molar-refractivity contribution >= 4 is 0 Å². The zero-order valence-electron chi connectivity index (χ0n) is 11.7. The smallest absolute Gasteiger partial charge is 0.0945 e. The van der Waals surface area contributed by atoms with Gasteiger partial charge < -0.3 is 9.88 Å². The van der Waals surface area contributed by atoms with Crippen molar-refractivity contribution in [2.45, 2.75) is 32.7 Å². The summed E-state index contributed by atoms with van der Waals surface area (Å²) in [6, 6.07) is 8.95. The second kappa shape index (κ2) is 7.74. The van der Waals surface area contributed by atoms with E-state index in [1.165, 1.54) is 11.1 Å². The largest absolute Gasteiger partial charge is 0.337 e. The Kier molecular flexibility index (Phi) is 5.63. The third-order valence-corrected chi connectivity index (χ3v) is 3.35. The van der Waals surface area contributed by atoms with Gasteiger partial charge in [-0.15, -0.1) is 0 Å². The molecular formula is C16H23N3. The molecule has 0 aliphatic heterocycles. The lowest BCUT2D eigenvalue weighted by Gasteiger charge is -2.06. The van der Waals surface area contributed by atoms with Gasteiger partial charge in [-0.1, -0.05) is 31.2 Å².